The van der Waals surface area contributed by atoms with Crippen LogP contribution in [0, 0.1) is 0 Å². The predicted molar refractivity (Wildman–Crippen MR) is 75.2 cm³/mol. The van der Waals surface area contributed by atoms with Gasteiger partial charge in [0.05, 0.1) is 0 Å². The Hall–Kier alpha value is -1.30. The van der Waals surface area contributed by atoms with E-state index in [9.17, 15) is 4.79 Å². The molecule has 1 amide bonds. The fourth-order valence-corrected chi connectivity index (χ4v) is 1.48. The van der Waals surface area contributed by atoms with Gasteiger partial charge >= 0.3 is 0 Å². The lowest BCUT2D eigenvalue weighted by Gasteiger charge is -2.04. The molecular formula is C11H16Cl2N4O. The zero-order valence-electron chi connectivity index (χ0n) is 9.70. The third-order valence-corrected chi connectivity index (χ3v) is 2.32. The first-order valence-electron chi connectivity index (χ1n) is 5.18. The summed E-state index contributed by atoms with van der Waals surface area (Å²) < 4.78 is 1.92. The Bertz CT molecular complexity index is 501. The van der Waals surface area contributed by atoms with Crippen molar-refractivity contribution >= 4 is 36.4 Å². The minimum atomic E-state index is -0.0225. The third-order valence-electron chi connectivity index (χ3n) is 2.32. The molecule has 0 aliphatic carbocycles. The summed E-state index contributed by atoms with van der Waals surface area (Å²) in [5.74, 6) is -0.0225. The van der Waals surface area contributed by atoms with Crippen LogP contribution in [0.2, 0.25) is 0 Å². The zero-order chi connectivity index (χ0) is 11.4. The highest BCUT2D eigenvalue weighted by Gasteiger charge is 2.00. The average molecular weight is 291 g/mol. The van der Waals surface area contributed by atoms with E-state index in [0.717, 1.165) is 11.2 Å². The van der Waals surface area contributed by atoms with Crippen molar-refractivity contribution in [1.82, 2.24) is 14.7 Å². The summed E-state index contributed by atoms with van der Waals surface area (Å²) in [5, 5.41) is 2.80. The van der Waals surface area contributed by atoms with Crippen molar-refractivity contribution in [1.29, 1.82) is 0 Å². The van der Waals surface area contributed by atoms with Crippen molar-refractivity contribution in [3.63, 3.8) is 0 Å². The first-order chi connectivity index (χ1) is 7.79. The number of halogens is 2. The summed E-state index contributed by atoms with van der Waals surface area (Å²) in [6.45, 7) is 0.896. The summed E-state index contributed by atoms with van der Waals surface area (Å²) in [6, 6.07) is 3.90. The molecule has 0 radical (unpaired) electrons. The molecule has 0 unspecified atom stereocenters. The van der Waals surface area contributed by atoms with E-state index in [4.69, 9.17) is 5.73 Å². The van der Waals surface area contributed by atoms with Gasteiger partial charge in [-0.05, 0) is 17.7 Å². The van der Waals surface area contributed by atoms with Gasteiger partial charge in [0.15, 0.2) is 0 Å². The highest BCUT2D eigenvalue weighted by Crippen LogP contribution is 2.04. The normalized spacial score (nSPS) is 9.39. The molecule has 0 spiro atoms. The molecule has 0 bridgehead atoms. The summed E-state index contributed by atoms with van der Waals surface area (Å²) >= 11 is 0. The largest absolute Gasteiger partial charge is 0.352 e. The number of aromatic nitrogens is 2. The first-order valence-corrected chi connectivity index (χ1v) is 5.18. The fraction of sp³-hybridized carbons (Fsp3) is 0.273. The van der Waals surface area contributed by atoms with E-state index in [-0.39, 0.29) is 30.7 Å². The Morgan fingerprint density at radius 2 is 2.17 bits per heavy atom. The summed E-state index contributed by atoms with van der Waals surface area (Å²) in [7, 11) is 0. The average Bonchev–Trinajstić information content (AvgIpc) is 2.74. The van der Waals surface area contributed by atoms with Gasteiger partial charge in [-0.25, -0.2) is 4.98 Å². The Morgan fingerprint density at radius 3 is 2.89 bits per heavy atom. The van der Waals surface area contributed by atoms with E-state index < -0.39 is 0 Å². The molecule has 2 aromatic rings. The molecule has 18 heavy (non-hydrogen) atoms. The zero-order valence-corrected chi connectivity index (χ0v) is 11.3. The van der Waals surface area contributed by atoms with Gasteiger partial charge in [0.25, 0.3) is 0 Å². The van der Waals surface area contributed by atoms with Crippen LogP contribution in [-0.4, -0.2) is 21.8 Å². The number of hydrogen-bond donors (Lipinski definition) is 2. The number of carbonyl (C=O) groups excluding carboxylic acids is 1. The van der Waals surface area contributed by atoms with E-state index in [0.29, 0.717) is 19.5 Å². The van der Waals surface area contributed by atoms with Crippen LogP contribution >= 0.6 is 24.8 Å². The molecule has 0 aliphatic rings. The number of nitrogens with one attached hydrogen (secondary N) is 1. The van der Waals surface area contributed by atoms with E-state index in [1.807, 2.05) is 28.9 Å². The highest BCUT2D eigenvalue weighted by atomic mass is 35.5. The first kappa shape index (κ1) is 16.7. The van der Waals surface area contributed by atoms with E-state index in [1.165, 1.54) is 0 Å². The second kappa shape index (κ2) is 7.92. The van der Waals surface area contributed by atoms with E-state index in [2.05, 4.69) is 10.3 Å². The molecule has 5 nitrogen and oxygen atoms in total. The molecule has 0 aliphatic heterocycles. The number of nitrogens with zero attached hydrogens (tertiary/aromatic N) is 2. The van der Waals surface area contributed by atoms with Crippen LogP contribution in [0.3, 0.4) is 0 Å². The van der Waals surface area contributed by atoms with Gasteiger partial charge in [-0.2, -0.15) is 0 Å². The second-order valence-electron chi connectivity index (χ2n) is 3.54. The van der Waals surface area contributed by atoms with E-state index >= 15 is 0 Å². The molecular weight excluding hydrogens is 275 g/mol. The lowest BCUT2D eigenvalue weighted by Crippen LogP contribution is -2.25. The molecule has 100 valence electrons. The molecule has 2 rings (SSSR count). The van der Waals surface area contributed by atoms with Gasteiger partial charge in [0.1, 0.15) is 5.65 Å². The van der Waals surface area contributed by atoms with Gasteiger partial charge in [0.2, 0.25) is 5.91 Å². The van der Waals surface area contributed by atoms with Gasteiger partial charge in [0, 0.05) is 38.1 Å². The molecule has 0 saturated carbocycles. The van der Waals surface area contributed by atoms with Gasteiger partial charge in [-0.3, -0.25) is 4.79 Å². The third kappa shape index (κ3) is 4.18. The highest BCUT2D eigenvalue weighted by molar-refractivity contribution is 5.85. The molecule has 0 aromatic carbocycles. The maximum absolute atomic E-state index is 11.2. The van der Waals surface area contributed by atoms with Crippen LogP contribution in [0.15, 0.2) is 30.7 Å². The Labute approximate surface area is 118 Å². The van der Waals surface area contributed by atoms with Crippen molar-refractivity contribution in [2.75, 3.05) is 6.54 Å². The number of fused-ring (bicyclic) bond motifs is 1. The maximum Gasteiger partial charge on any atom is 0.221 e. The number of hydrogen-bond acceptors (Lipinski definition) is 3. The molecule has 2 aromatic heterocycles. The SMILES string of the molecule is Cl.Cl.NCCC(=O)NCc1ccn2ccnc2c1. The Kier molecular flexibility index (Phi) is 7.35. The van der Waals surface area contributed by atoms with Crippen molar-refractivity contribution in [2.45, 2.75) is 13.0 Å². The second-order valence-corrected chi connectivity index (χ2v) is 3.54. The van der Waals surface area contributed by atoms with Crippen LogP contribution in [0.5, 0.6) is 0 Å². The number of pyridine rings is 1. The van der Waals surface area contributed by atoms with Crippen LogP contribution in [0.4, 0.5) is 0 Å². The lowest BCUT2D eigenvalue weighted by atomic mass is 10.2. The van der Waals surface area contributed by atoms with Crippen molar-refractivity contribution in [3.8, 4) is 0 Å². The van der Waals surface area contributed by atoms with Crippen LogP contribution in [0.1, 0.15) is 12.0 Å². The van der Waals surface area contributed by atoms with Crippen molar-refractivity contribution in [3.05, 3.63) is 36.3 Å². The molecule has 0 saturated heterocycles. The van der Waals surface area contributed by atoms with Crippen LogP contribution in [0.25, 0.3) is 5.65 Å². The molecule has 0 atom stereocenters. The monoisotopic (exact) mass is 290 g/mol. The van der Waals surface area contributed by atoms with Gasteiger partial charge in [-0.1, -0.05) is 0 Å². The topological polar surface area (TPSA) is 72.4 Å². The molecule has 3 N–H and O–H groups in total. The number of imidazole rings is 1. The quantitative estimate of drug-likeness (QED) is 0.887. The molecule has 7 heteroatoms. The number of nitrogens with two attached hydrogens (primary N) is 1. The summed E-state index contributed by atoms with van der Waals surface area (Å²) in [5.41, 5.74) is 7.20. The minimum Gasteiger partial charge on any atom is -0.352 e. The number of carbonyl (C=O) groups is 1. The van der Waals surface area contributed by atoms with Crippen LogP contribution < -0.4 is 11.1 Å². The van der Waals surface area contributed by atoms with E-state index in [1.54, 1.807) is 6.20 Å². The van der Waals surface area contributed by atoms with Crippen molar-refractivity contribution in [2.24, 2.45) is 5.73 Å². The van der Waals surface area contributed by atoms with Gasteiger partial charge in [-0.15, -0.1) is 24.8 Å². The maximum atomic E-state index is 11.2. The predicted octanol–water partition coefficient (Wildman–Crippen LogP) is 1.14. The number of rotatable bonds is 4. The molecule has 2 heterocycles. The molecule has 0 fully saturated rings. The van der Waals surface area contributed by atoms with Gasteiger partial charge < -0.3 is 15.5 Å². The standard InChI is InChI=1S/C11H14N4O.2ClH/c12-3-1-11(16)14-8-9-2-5-15-6-4-13-10(15)7-9;;/h2,4-7H,1,3,8,12H2,(H,14,16);2*1H. The number of amides is 1. The Morgan fingerprint density at radius 1 is 1.39 bits per heavy atom. The minimum absolute atomic E-state index is 0. The van der Waals surface area contributed by atoms with Crippen LogP contribution in [-0.2, 0) is 11.3 Å². The van der Waals surface area contributed by atoms with Crippen molar-refractivity contribution < 1.29 is 4.79 Å². The summed E-state index contributed by atoms with van der Waals surface area (Å²) in [4.78, 5) is 15.4. The lowest BCUT2D eigenvalue weighted by molar-refractivity contribution is -0.121. The Balaban J connectivity index is 0.00000144. The smallest absolute Gasteiger partial charge is 0.221 e. The fourth-order valence-electron chi connectivity index (χ4n) is 1.48. The summed E-state index contributed by atoms with van der Waals surface area (Å²) in [6.07, 6.45) is 5.91.